The van der Waals surface area contributed by atoms with E-state index in [9.17, 15) is 14.9 Å². The van der Waals surface area contributed by atoms with E-state index < -0.39 is 4.92 Å². The van der Waals surface area contributed by atoms with Crippen molar-refractivity contribution in [2.75, 3.05) is 7.05 Å². The van der Waals surface area contributed by atoms with Crippen molar-refractivity contribution in [2.24, 2.45) is 0 Å². The predicted octanol–water partition coefficient (Wildman–Crippen LogP) is 2.74. The zero-order valence-electron chi connectivity index (χ0n) is 12.2. The highest BCUT2D eigenvalue weighted by atomic mass is 35.5. The van der Waals surface area contributed by atoms with Crippen molar-refractivity contribution in [3.8, 4) is 0 Å². The fraction of sp³-hybridized carbons (Fsp3) is 0.286. The van der Waals surface area contributed by atoms with Crippen molar-refractivity contribution in [1.29, 1.82) is 0 Å². The van der Waals surface area contributed by atoms with Gasteiger partial charge in [-0.15, -0.1) is 0 Å². The molecule has 0 fully saturated rings. The molecule has 0 N–H and O–H groups in total. The van der Waals surface area contributed by atoms with Crippen molar-refractivity contribution >= 4 is 23.2 Å². The SMILES string of the molecule is CCn1ncc(Cl)c1CN(C)C(=O)c1cccc([N+](=O)[O-])c1. The Bertz CT molecular complexity index is 714. The molecule has 22 heavy (non-hydrogen) atoms. The second-order valence-electron chi connectivity index (χ2n) is 4.72. The predicted molar refractivity (Wildman–Crippen MR) is 81.8 cm³/mol. The van der Waals surface area contributed by atoms with Crippen LogP contribution in [0.15, 0.2) is 30.5 Å². The van der Waals surface area contributed by atoms with E-state index in [1.54, 1.807) is 17.8 Å². The molecule has 0 unspecified atom stereocenters. The number of non-ortho nitro benzene ring substituents is 1. The Hall–Kier alpha value is -2.41. The molecular formula is C14H15ClN4O3. The number of carbonyl (C=O) groups excluding carboxylic acids is 1. The molecule has 0 saturated carbocycles. The van der Waals surface area contributed by atoms with Crippen molar-refractivity contribution in [2.45, 2.75) is 20.0 Å². The molecule has 0 radical (unpaired) electrons. The van der Waals surface area contributed by atoms with Crippen molar-refractivity contribution in [1.82, 2.24) is 14.7 Å². The molecule has 0 saturated heterocycles. The van der Waals surface area contributed by atoms with Gasteiger partial charge in [-0.25, -0.2) is 0 Å². The van der Waals surface area contributed by atoms with Crippen LogP contribution in [0.25, 0.3) is 0 Å². The summed E-state index contributed by atoms with van der Waals surface area (Å²) in [5.41, 5.74) is 0.872. The van der Waals surface area contributed by atoms with Crippen LogP contribution in [0.5, 0.6) is 0 Å². The van der Waals surface area contributed by atoms with Gasteiger partial charge >= 0.3 is 0 Å². The Labute approximate surface area is 132 Å². The van der Waals surface area contributed by atoms with Gasteiger partial charge in [0.25, 0.3) is 11.6 Å². The monoisotopic (exact) mass is 322 g/mol. The third-order valence-corrected chi connectivity index (χ3v) is 3.55. The zero-order valence-corrected chi connectivity index (χ0v) is 12.9. The van der Waals surface area contributed by atoms with Crippen LogP contribution in [-0.4, -0.2) is 32.6 Å². The first kappa shape index (κ1) is 16.0. The quantitative estimate of drug-likeness (QED) is 0.626. The molecule has 1 amide bonds. The Kier molecular flexibility index (Phi) is 4.77. The fourth-order valence-electron chi connectivity index (χ4n) is 2.09. The number of carbonyl (C=O) groups is 1. The minimum Gasteiger partial charge on any atom is -0.336 e. The number of benzene rings is 1. The smallest absolute Gasteiger partial charge is 0.270 e. The molecule has 0 spiro atoms. The van der Waals surface area contributed by atoms with E-state index in [4.69, 9.17) is 11.6 Å². The van der Waals surface area contributed by atoms with Crippen LogP contribution in [0.3, 0.4) is 0 Å². The summed E-state index contributed by atoms with van der Waals surface area (Å²) in [6.45, 7) is 2.84. The van der Waals surface area contributed by atoms with Gasteiger partial charge in [-0.1, -0.05) is 17.7 Å². The van der Waals surface area contributed by atoms with Crippen molar-refractivity contribution < 1.29 is 9.72 Å². The van der Waals surface area contributed by atoms with Gasteiger partial charge in [-0.3, -0.25) is 19.6 Å². The average molecular weight is 323 g/mol. The molecule has 2 aromatic rings. The van der Waals surface area contributed by atoms with Crippen LogP contribution in [0, 0.1) is 10.1 Å². The number of hydrogen-bond donors (Lipinski definition) is 0. The maximum absolute atomic E-state index is 12.4. The second-order valence-corrected chi connectivity index (χ2v) is 5.13. The standard InChI is InChI=1S/C14H15ClN4O3/c1-3-18-13(12(15)8-16-18)9-17(2)14(20)10-5-4-6-11(7-10)19(21)22/h4-8H,3,9H2,1-2H3. The van der Waals surface area contributed by atoms with Crippen LogP contribution < -0.4 is 0 Å². The molecule has 0 aliphatic rings. The van der Waals surface area contributed by atoms with Gasteiger partial charge in [0.15, 0.2) is 0 Å². The maximum atomic E-state index is 12.4. The maximum Gasteiger partial charge on any atom is 0.270 e. The van der Waals surface area contributed by atoms with Gasteiger partial charge in [-0.2, -0.15) is 5.10 Å². The number of hydrogen-bond acceptors (Lipinski definition) is 4. The lowest BCUT2D eigenvalue weighted by molar-refractivity contribution is -0.384. The number of rotatable bonds is 5. The minimum atomic E-state index is -0.528. The van der Waals surface area contributed by atoms with Gasteiger partial charge in [-0.05, 0) is 13.0 Å². The van der Waals surface area contributed by atoms with Crippen LogP contribution in [0.2, 0.25) is 5.02 Å². The molecule has 7 nitrogen and oxygen atoms in total. The number of aryl methyl sites for hydroxylation is 1. The van der Waals surface area contributed by atoms with Crippen LogP contribution in [0.4, 0.5) is 5.69 Å². The summed E-state index contributed by atoms with van der Waals surface area (Å²) in [7, 11) is 1.62. The number of nitro benzene ring substituents is 1. The summed E-state index contributed by atoms with van der Waals surface area (Å²) >= 11 is 6.07. The fourth-order valence-corrected chi connectivity index (χ4v) is 2.29. The highest BCUT2D eigenvalue weighted by Crippen LogP contribution is 2.19. The summed E-state index contributed by atoms with van der Waals surface area (Å²) in [4.78, 5) is 24.1. The summed E-state index contributed by atoms with van der Waals surface area (Å²) in [6, 6.07) is 5.64. The van der Waals surface area contributed by atoms with E-state index in [1.165, 1.54) is 29.3 Å². The lowest BCUT2D eigenvalue weighted by Crippen LogP contribution is -2.27. The Morgan fingerprint density at radius 1 is 1.50 bits per heavy atom. The normalized spacial score (nSPS) is 10.5. The van der Waals surface area contributed by atoms with Crippen LogP contribution in [0.1, 0.15) is 23.0 Å². The molecule has 0 bridgehead atoms. The first-order valence-electron chi connectivity index (χ1n) is 6.64. The van der Waals surface area contributed by atoms with Gasteiger partial charge in [0.05, 0.1) is 28.4 Å². The summed E-state index contributed by atoms with van der Waals surface area (Å²) in [5.74, 6) is -0.316. The van der Waals surface area contributed by atoms with Gasteiger partial charge < -0.3 is 4.90 Å². The van der Waals surface area contributed by atoms with Crippen LogP contribution >= 0.6 is 11.6 Å². The van der Waals surface area contributed by atoms with E-state index >= 15 is 0 Å². The molecule has 1 heterocycles. The van der Waals surface area contributed by atoms with Gasteiger partial charge in [0.1, 0.15) is 0 Å². The molecule has 8 heteroatoms. The third kappa shape index (κ3) is 3.25. The number of nitro groups is 1. The van der Waals surface area contributed by atoms with E-state index in [-0.39, 0.29) is 23.7 Å². The Morgan fingerprint density at radius 2 is 2.23 bits per heavy atom. The molecule has 1 aromatic heterocycles. The minimum absolute atomic E-state index is 0.115. The summed E-state index contributed by atoms with van der Waals surface area (Å²) < 4.78 is 1.71. The zero-order chi connectivity index (χ0) is 16.3. The Balaban J connectivity index is 2.20. The van der Waals surface area contributed by atoms with Gasteiger partial charge in [0.2, 0.25) is 0 Å². The molecule has 1 aromatic carbocycles. The Morgan fingerprint density at radius 3 is 2.86 bits per heavy atom. The lowest BCUT2D eigenvalue weighted by atomic mass is 10.2. The summed E-state index contributed by atoms with van der Waals surface area (Å²) in [5, 5.41) is 15.4. The van der Waals surface area contributed by atoms with E-state index in [0.29, 0.717) is 11.6 Å². The van der Waals surface area contributed by atoms with Crippen molar-refractivity contribution in [3.63, 3.8) is 0 Å². The number of halogens is 1. The molecule has 0 atom stereocenters. The van der Waals surface area contributed by atoms with E-state index in [0.717, 1.165) is 5.69 Å². The van der Waals surface area contributed by atoms with Crippen molar-refractivity contribution in [3.05, 3.63) is 56.9 Å². The molecular weight excluding hydrogens is 308 g/mol. The topological polar surface area (TPSA) is 81.3 Å². The molecule has 116 valence electrons. The average Bonchev–Trinajstić information content (AvgIpc) is 2.87. The van der Waals surface area contributed by atoms with Gasteiger partial charge in [0, 0.05) is 31.3 Å². The summed E-state index contributed by atoms with van der Waals surface area (Å²) in [6.07, 6.45) is 1.53. The third-order valence-electron chi connectivity index (χ3n) is 3.23. The van der Waals surface area contributed by atoms with E-state index in [1.807, 2.05) is 6.92 Å². The number of nitrogens with zero attached hydrogens (tertiary/aromatic N) is 4. The first-order chi connectivity index (χ1) is 10.4. The first-order valence-corrected chi connectivity index (χ1v) is 7.02. The highest BCUT2D eigenvalue weighted by Gasteiger charge is 2.18. The van der Waals surface area contributed by atoms with Crippen LogP contribution in [-0.2, 0) is 13.1 Å². The number of aromatic nitrogens is 2. The molecule has 0 aliphatic carbocycles. The largest absolute Gasteiger partial charge is 0.336 e. The molecule has 0 aliphatic heterocycles. The van der Waals surface area contributed by atoms with E-state index in [2.05, 4.69) is 5.10 Å². The number of amides is 1. The lowest BCUT2D eigenvalue weighted by Gasteiger charge is -2.18. The second kappa shape index (κ2) is 6.57. The molecule has 2 rings (SSSR count). The highest BCUT2D eigenvalue weighted by molar-refractivity contribution is 6.31.